The van der Waals surface area contributed by atoms with Crippen molar-refractivity contribution in [3.05, 3.63) is 49.1 Å². The highest BCUT2D eigenvalue weighted by Gasteiger charge is 2.05. The molecule has 0 unspecified atom stereocenters. The highest BCUT2D eigenvalue weighted by molar-refractivity contribution is 5.87. The quantitative estimate of drug-likeness (QED) is 0.531. The number of hydrogen-bond donors (Lipinski definition) is 2. The van der Waals surface area contributed by atoms with E-state index in [2.05, 4.69) is 32.1 Å². The Morgan fingerprint density at radius 3 is 2.94 bits per heavy atom. The maximum absolute atomic E-state index is 4.40. The minimum absolute atomic E-state index is 0.913. The third-order valence-electron chi connectivity index (χ3n) is 3.14. The first-order chi connectivity index (χ1) is 8.90. The van der Waals surface area contributed by atoms with Crippen LogP contribution in [-0.4, -0.2) is 19.9 Å². The first kappa shape index (κ1) is 9.41. The zero-order chi connectivity index (χ0) is 11.9. The molecular weight excluding hydrogens is 224 g/mol. The lowest BCUT2D eigenvalue weighted by Crippen LogP contribution is -1.81. The summed E-state index contributed by atoms with van der Waals surface area (Å²) in [5.41, 5.74) is 4.10. The van der Waals surface area contributed by atoms with Gasteiger partial charge < -0.3 is 9.97 Å². The predicted octanol–water partition coefficient (Wildman–Crippen LogP) is 3.11. The fourth-order valence-corrected chi connectivity index (χ4v) is 2.21. The van der Waals surface area contributed by atoms with Crippen LogP contribution >= 0.6 is 0 Å². The summed E-state index contributed by atoms with van der Waals surface area (Å²) >= 11 is 0. The highest BCUT2D eigenvalue weighted by atomic mass is 14.8. The van der Waals surface area contributed by atoms with Crippen LogP contribution in [0.1, 0.15) is 0 Å². The normalized spacial score (nSPS) is 11.3. The molecule has 0 radical (unpaired) electrons. The molecule has 0 saturated heterocycles. The van der Waals surface area contributed by atoms with E-state index in [1.807, 2.05) is 30.7 Å². The molecule has 0 aromatic carbocycles. The van der Waals surface area contributed by atoms with Crippen molar-refractivity contribution in [3.8, 4) is 11.3 Å². The number of nitrogens with zero attached hydrogens (tertiary/aromatic N) is 2. The molecule has 4 aromatic heterocycles. The van der Waals surface area contributed by atoms with Crippen LogP contribution in [0.3, 0.4) is 0 Å². The Balaban J connectivity index is 1.94. The molecule has 0 fully saturated rings. The van der Waals surface area contributed by atoms with Gasteiger partial charge in [0.2, 0.25) is 0 Å². The van der Waals surface area contributed by atoms with Gasteiger partial charge in [0.15, 0.2) is 0 Å². The maximum atomic E-state index is 4.40. The molecule has 4 rings (SSSR count). The average Bonchev–Trinajstić information content (AvgIpc) is 3.04. The van der Waals surface area contributed by atoms with E-state index in [-0.39, 0.29) is 0 Å². The van der Waals surface area contributed by atoms with Crippen molar-refractivity contribution in [1.29, 1.82) is 0 Å². The summed E-state index contributed by atoms with van der Waals surface area (Å²) in [5.74, 6) is 0. The van der Waals surface area contributed by atoms with Gasteiger partial charge in [-0.15, -0.1) is 0 Å². The van der Waals surface area contributed by atoms with Gasteiger partial charge in [0, 0.05) is 40.6 Å². The van der Waals surface area contributed by atoms with Gasteiger partial charge in [-0.2, -0.15) is 0 Å². The van der Waals surface area contributed by atoms with E-state index in [1.54, 1.807) is 6.20 Å². The van der Waals surface area contributed by atoms with E-state index in [1.165, 1.54) is 0 Å². The first-order valence-corrected chi connectivity index (χ1v) is 5.76. The summed E-state index contributed by atoms with van der Waals surface area (Å²) in [4.78, 5) is 15.0. The molecule has 0 aliphatic carbocycles. The average molecular weight is 234 g/mol. The van der Waals surface area contributed by atoms with Gasteiger partial charge in [-0.05, 0) is 24.3 Å². The number of H-pyrrole nitrogens is 2. The zero-order valence-corrected chi connectivity index (χ0v) is 9.51. The summed E-state index contributed by atoms with van der Waals surface area (Å²) in [6, 6.07) is 8.26. The molecule has 4 heterocycles. The lowest BCUT2D eigenvalue weighted by atomic mass is 10.2. The van der Waals surface area contributed by atoms with Gasteiger partial charge in [-0.3, -0.25) is 4.98 Å². The fraction of sp³-hybridized carbons (Fsp3) is 0. The largest absolute Gasteiger partial charge is 0.353 e. The van der Waals surface area contributed by atoms with Crippen molar-refractivity contribution in [2.75, 3.05) is 0 Å². The van der Waals surface area contributed by atoms with Crippen molar-refractivity contribution in [2.24, 2.45) is 0 Å². The summed E-state index contributed by atoms with van der Waals surface area (Å²) in [7, 11) is 0. The number of pyridine rings is 2. The highest BCUT2D eigenvalue weighted by Crippen LogP contribution is 2.25. The molecule has 4 aromatic rings. The SMILES string of the molecule is c1cc2cc(-c3cnc4[nH]ccc4c3)[nH]c2cn1. The Labute approximate surface area is 103 Å². The smallest absolute Gasteiger partial charge is 0.137 e. The molecule has 0 atom stereocenters. The van der Waals surface area contributed by atoms with Gasteiger partial charge >= 0.3 is 0 Å². The maximum Gasteiger partial charge on any atom is 0.137 e. The Kier molecular flexibility index (Phi) is 1.80. The molecule has 0 saturated carbocycles. The number of fused-ring (bicyclic) bond motifs is 2. The van der Waals surface area contributed by atoms with Crippen LogP contribution < -0.4 is 0 Å². The first-order valence-electron chi connectivity index (χ1n) is 5.76. The van der Waals surface area contributed by atoms with Crippen molar-refractivity contribution in [2.45, 2.75) is 0 Å². The van der Waals surface area contributed by atoms with E-state index >= 15 is 0 Å². The fourth-order valence-electron chi connectivity index (χ4n) is 2.21. The Bertz CT molecular complexity index is 808. The lowest BCUT2D eigenvalue weighted by molar-refractivity contribution is 1.31. The summed E-state index contributed by atoms with van der Waals surface area (Å²) in [5, 5.41) is 2.28. The Morgan fingerprint density at radius 2 is 2.00 bits per heavy atom. The monoisotopic (exact) mass is 234 g/mol. The van der Waals surface area contributed by atoms with Crippen molar-refractivity contribution in [3.63, 3.8) is 0 Å². The number of nitrogens with one attached hydrogen (secondary N) is 2. The van der Waals surface area contributed by atoms with Crippen LogP contribution in [0.25, 0.3) is 33.2 Å². The van der Waals surface area contributed by atoms with E-state index in [0.29, 0.717) is 0 Å². The molecular formula is C14H10N4. The summed E-state index contributed by atoms with van der Waals surface area (Å²) in [6.45, 7) is 0. The van der Waals surface area contributed by atoms with Crippen LogP contribution in [0.5, 0.6) is 0 Å². The second kappa shape index (κ2) is 3.43. The van der Waals surface area contributed by atoms with Crippen LogP contribution in [0, 0.1) is 0 Å². The van der Waals surface area contributed by atoms with E-state index in [4.69, 9.17) is 0 Å². The van der Waals surface area contributed by atoms with Gasteiger partial charge in [-0.1, -0.05) is 0 Å². The van der Waals surface area contributed by atoms with Crippen LogP contribution in [0.2, 0.25) is 0 Å². The molecule has 0 amide bonds. The third-order valence-corrected chi connectivity index (χ3v) is 3.14. The van der Waals surface area contributed by atoms with Crippen LogP contribution in [-0.2, 0) is 0 Å². The topological polar surface area (TPSA) is 57.4 Å². The van der Waals surface area contributed by atoms with E-state index in [0.717, 1.165) is 33.2 Å². The second-order valence-corrected chi connectivity index (χ2v) is 4.29. The number of aromatic nitrogens is 4. The van der Waals surface area contributed by atoms with Gasteiger partial charge in [0.05, 0.1) is 11.7 Å². The number of rotatable bonds is 1. The van der Waals surface area contributed by atoms with E-state index in [9.17, 15) is 0 Å². The van der Waals surface area contributed by atoms with E-state index < -0.39 is 0 Å². The summed E-state index contributed by atoms with van der Waals surface area (Å²) < 4.78 is 0. The minimum Gasteiger partial charge on any atom is -0.353 e. The molecule has 2 N–H and O–H groups in total. The van der Waals surface area contributed by atoms with Crippen molar-refractivity contribution in [1.82, 2.24) is 19.9 Å². The van der Waals surface area contributed by atoms with Crippen molar-refractivity contribution < 1.29 is 0 Å². The van der Waals surface area contributed by atoms with Gasteiger partial charge in [-0.25, -0.2) is 4.98 Å². The minimum atomic E-state index is 0.913. The molecule has 0 aliphatic rings. The Morgan fingerprint density at radius 1 is 1.00 bits per heavy atom. The van der Waals surface area contributed by atoms with Gasteiger partial charge in [0.1, 0.15) is 5.65 Å². The number of aromatic amines is 2. The molecule has 0 aliphatic heterocycles. The summed E-state index contributed by atoms with van der Waals surface area (Å²) in [6.07, 6.45) is 7.40. The molecule has 0 spiro atoms. The Hall–Kier alpha value is -2.62. The molecule has 4 nitrogen and oxygen atoms in total. The molecule has 4 heteroatoms. The lowest BCUT2D eigenvalue weighted by Gasteiger charge is -1.97. The van der Waals surface area contributed by atoms with Crippen LogP contribution in [0.15, 0.2) is 49.1 Å². The van der Waals surface area contributed by atoms with Crippen LogP contribution in [0.4, 0.5) is 0 Å². The third kappa shape index (κ3) is 1.32. The molecule has 0 bridgehead atoms. The standard InChI is InChI=1S/C14H10N4/c1-3-15-8-13-9(1)6-12(18-13)11-5-10-2-4-16-14(10)17-7-11/h1-8,18H,(H,16,17). The van der Waals surface area contributed by atoms with Crippen molar-refractivity contribution >= 4 is 21.9 Å². The van der Waals surface area contributed by atoms with Gasteiger partial charge in [0.25, 0.3) is 0 Å². The molecule has 86 valence electrons. The predicted molar refractivity (Wildman–Crippen MR) is 71.2 cm³/mol. The second-order valence-electron chi connectivity index (χ2n) is 4.29. The molecule has 18 heavy (non-hydrogen) atoms. The zero-order valence-electron chi connectivity index (χ0n) is 9.51. The number of hydrogen-bond acceptors (Lipinski definition) is 2.